The van der Waals surface area contributed by atoms with E-state index in [4.69, 9.17) is 5.73 Å². The number of likely N-dealkylation sites (tertiary alicyclic amines) is 1. The van der Waals surface area contributed by atoms with Crippen molar-refractivity contribution in [3.8, 4) is 0 Å². The number of hydrogen-bond acceptors (Lipinski definition) is 6. The molecule has 1 aliphatic heterocycles. The van der Waals surface area contributed by atoms with Crippen molar-refractivity contribution >= 4 is 35.5 Å². The molecule has 204 valence electrons. The van der Waals surface area contributed by atoms with Crippen LogP contribution in [0.4, 0.5) is 0 Å². The molecule has 4 atom stereocenters. The zero-order chi connectivity index (χ0) is 27.5. The van der Waals surface area contributed by atoms with Crippen LogP contribution in [0.25, 0.3) is 0 Å². The van der Waals surface area contributed by atoms with E-state index in [1.165, 1.54) is 16.7 Å². The molecule has 5 N–H and O–H groups in total. The summed E-state index contributed by atoms with van der Waals surface area (Å²) >= 11 is 1.50. The Morgan fingerprint density at radius 1 is 0.974 bits per heavy atom. The van der Waals surface area contributed by atoms with E-state index in [-0.39, 0.29) is 18.7 Å². The van der Waals surface area contributed by atoms with Crippen LogP contribution in [0.15, 0.2) is 60.7 Å². The van der Waals surface area contributed by atoms with Crippen molar-refractivity contribution in [3.05, 3.63) is 71.8 Å². The zero-order valence-corrected chi connectivity index (χ0v) is 22.4. The Labute approximate surface area is 227 Å². The van der Waals surface area contributed by atoms with Crippen molar-refractivity contribution in [2.24, 2.45) is 5.73 Å². The smallest absolute Gasteiger partial charge is 0.326 e. The average Bonchev–Trinajstić information content (AvgIpc) is 3.41. The van der Waals surface area contributed by atoms with E-state index in [1.54, 1.807) is 0 Å². The Hall–Kier alpha value is -3.37. The fourth-order valence-corrected chi connectivity index (χ4v) is 5.03. The van der Waals surface area contributed by atoms with E-state index >= 15 is 0 Å². The minimum absolute atomic E-state index is 0.236. The second-order valence-corrected chi connectivity index (χ2v) is 10.4. The Morgan fingerprint density at radius 2 is 1.58 bits per heavy atom. The van der Waals surface area contributed by atoms with Crippen LogP contribution >= 0.6 is 11.8 Å². The number of amides is 3. The van der Waals surface area contributed by atoms with Gasteiger partial charge >= 0.3 is 5.97 Å². The fraction of sp³-hybridized carbons (Fsp3) is 0.429. The van der Waals surface area contributed by atoms with E-state index in [0.29, 0.717) is 31.6 Å². The molecule has 4 unspecified atom stereocenters. The summed E-state index contributed by atoms with van der Waals surface area (Å²) in [6.45, 7) is 0.344. The van der Waals surface area contributed by atoms with Crippen LogP contribution in [0, 0.1) is 0 Å². The molecule has 2 aromatic rings. The molecule has 1 heterocycles. The monoisotopic (exact) mass is 540 g/mol. The number of rotatable bonds is 13. The quantitative estimate of drug-likeness (QED) is 0.302. The number of hydrogen-bond donors (Lipinski definition) is 4. The lowest BCUT2D eigenvalue weighted by Crippen LogP contribution is -2.57. The van der Waals surface area contributed by atoms with Crippen LogP contribution < -0.4 is 16.4 Å². The second kappa shape index (κ2) is 14.5. The SMILES string of the molecule is CSCCC(NC(=O)C1CCCN1C(=O)C(Cc1ccccc1)NC(=O)C(N)Cc1ccccc1)C(=O)O. The lowest BCUT2D eigenvalue weighted by molar-refractivity contribution is -0.145. The molecular formula is C28H36N4O5S. The molecule has 0 bridgehead atoms. The van der Waals surface area contributed by atoms with Gasteiger partial charge in [-0.2, -0.15) is 11.8 Å². The number of nitrogens with zero attached hydrogens (tertiary/aromatic N) is 1. The molecule has 10 heteroatoms. The van der Waals surface area contributed by atoms with Crippen molar-refractivity contribution < 1.29 is 24.3 Å². The predicted molar refractivity (Wildman–Crippen MR) is 147 cm³/mol. The standard InChI is InChI=1S/C28H36N4O5S/c1-38-16-14-22(28(36)37)30-26(34)24-13-8-15-32(24)27(35)23(18-20-11-6-3-7-12-20)31-25(33)21(29)17-19-9-4-2-5-10-19/h2-7,9-12,21-24H,8,13-18,29H2,1H3,(H,30,34)(H,31,33)(H,36,37). The fourth-order valence-electron chi connectivity index (χ4n) is 4.55. The maximum absolute atomic E-state index is 13.7. The van der Waals surface area contributed by atoms with Crippen molar-refractivity contribution in [3.63, 3.8) is 0 Å². The third-order valence-corrected chi connectivity index (χ3v) is 7.24. The number of carbonyl (C=O) groups is 4. The van der Waals surface area contributed by atoms with Gasteiger partial charge in [0, 0.05) is 13.0 Å². The van der Waals surface area contributed by atoms with Crippen molar-refractivity contribution in [1.82, 2.24) is 15.5 Å². The van der Waals surface area contributed by atoms with Gasteiger partial charge in [0.25, 0.3) is 0 Å². The first-order valence-electron chi connectivity index (χ1n) is 12.8. The summed E-state index contributed by atoms with van der Waals surface area (Å²) in [5.41, 5.74) is 7.95. The van der Waals surface area contributed by atoms with Crippen LogP contribution in [-0.4, -0.2) is 76.4 Å². The summed E-state index contributed by atoms with van der Waals surface area (Å²) in [6.07, 6.45) is 3.73. The van der Waals surface area contributed by atoms with Gasteiger partial charge in [-0.15, -0.1) is 0 Å². The van der Waals surface area contributed by atoms with Crippen molar-refractivity contribution in [2.45, 2.75) is 56.3 Å². The third kappa shape index (κ3) is 8.32. The third-order valence-electron chi connectivity index (χ3n) is 6.60. The first kappa shape index (κ1) is 29.2. The van der Waals surface area contributed by atoms with Gasteiger partial charge in [-0.1, -0.05) is 60.7 Å². The summed E-state index contributed by atoms with van der Waals surface area (Å²) < 4.78 is 0. The number of aliphatic carboxylic acids is 1. The van der Waals surface area contributed by atoms with Gasteiger partial charge in [-0.05, 0) is 48.8 Å². The molecule has 1 fully saturated rings. The van der Waals surface area contributed by atoms with Crippen molar-refractivity contribution in [1.29, 1.82) is 0 Å². The molecule has 0 radical (unpaired) electrons. The van der Waals surface area contributed by atoms with Gasteiger partial charge in [0.15, 0.2) is 0 Å². The first-order valence-corrected chi connectivity index (χ1v) is 14.2. The molecule has 0 spiro atoms. The lowest BCUT2D eigenvalue weighted by Gasteiger charge is -2.30. The normalized spacial score (nSPS) is 17.3. The molecule has 0 saturated carbocycles. The highest BCUT2D eigenvalue weighted by Crippen LogP contribution is 2.20. The van der Waals surface area contributed by atoms with Crippen LogP contribution in [0.2, 0.25) is 0 Å². The zero-order valence-electron chi connectivity index (χ0n) is 21.5. The number of carbonyl (C=O) groups excluding carboxylic acids is 3. The largest absolute Gasteiger partial charge is 0.480 e. The Bertz CT molecular complexity index is 1090. The van der Waals surface area contributed by atoms with E-state index in [2.05, 4.69) is 10.6 Å². The number of carboxylic acids is 1. The number of thioether (sulfide) groups is 1. The van der Waals surface area contributed by atoms with Gasteiger partial charge < -0.3 is 26.4 Å². The Balaban J connectivity index is 1.74. The van der Waals surface area contributed by atoms with E-state index < -0.39 is 42.0 Å². The maximum atomic E-state index is 13.7. The summed E-state index contributed by atoms with van der Waals surface area (Å²) in [6, 6.07) is 15.1. The number of nitrogens with one attached hydrogen (secondary N) is 2. The Morgan fingerprint density at radius 3 is 2.16 bits per heavy atom. The second-order valence-electron chi connectivity index (χ2n) is 9.42. The molecular weight excluding hydrogens is 504 g/mol. The summed E-state index contributed by atoms with van der Waals surface area (Å²) in [4.78, 5) is 53.0. The van der Waals surface area contributed by atoms with Gasteiger partial charge in [0.05, 0.1) is 6.04 Å². The predicted octanol–water partition coefficient (Wildman–Crippen LogP) is 1.60. The minimum Gasteiger partial charge on any atom is -0.480 e. The molecule has 1 aliphatic rings. The number of nitrogens with two attached hydrogens (primary N) is 1. The number of carboxylic acid groups (broad SMARTS) is 1. The molecule has 38 heavy (non-hydrogen) atoms. The first-order chi connectivity index (χ1) is 18.3. The molecule has 0 aliphatic carbocycles. The van der Waals surface area contributed by atoms with Crippen LogP contribution in [0.1, 0.15) is 30.4 Å². The van der Waals surface area contributed by atoms with E-state index in [9.17, 15) is 24.3 Å². The van der Waals surface area contributed by atoms with Crippen molar-refractivity contribution in [2.75, 3.05) is 18.6 Å². The maximum Gasteiger partial charge on any atom is 0.326 e. The lowest BCUT2D eigenvalue weighted by atomic mass is 10.0. The number of benzene rings is 2. The molecule has 9 nitrogen and oxygen atoms in total. The average molecular weight is 541 g/mol. The molecule has 2 aromatic carbocycles. The highest BCUT2D eigenvalue weighted by molar-refractivity contribution is 7.98. The highest BCUT2D eigenvalue weighted by atomic mass is 32.2. The molecule has 0 aromatic heterocycles. The van der Waals surface area contributed by atoms with Gasteiger partial charge in [-0.3, -0.25) is 14.4 Å². The van der Waals surface area contributed by atoms with Gasteiger partial charge in [0.2, 0.25) is 17.7 Å². The topological polar surface area (TPSA) is 142 Å². The summed E-state index contributed by atoms with van der Waals surface area (Å²) in [5.74, 6) is -1.85. The van der Waals surface area contributed by atoms with E-state index in [0.717, 1.165) is 11.1 Å². The van der Waals surface area contributed by atoms with E-state index in [1.807, 2.05) is 66.9 Å². The van der Waals surface area contributed by atoms with Crippen LogP contribution in [0.5, 0.6) is 0 Å². The highest BCUT2D eigenvalue weighted by Gasteiger charge is 2.39. The summed E-state index contributed by atoms with van der Waals surface area (Å²) in [5, 5.41) is 14.9. The minimum atomic E-state index is -1.11. The Kier molecular flexibility index (Phi) is 11.2. The van der Waals surface area contributed by atoms with Gasteiger partial charge in [-0.25, -0.2) is 4.79 Å². The van der Waals surface area contributed by atoms with Crippen LogP contribution in [-0.2, 0) is 32.0 Å². The molecule has 1 saturated heterocycles. The summed E-state index contributed by atoms with van der Waals surface area (Å²) in [7, 11) is 0. The molecule has 3 amide bonds. The van der Waals surface area contributed by atoms with Crippen LogP contribution in [0.3, 0.4) is 0 Å². The molecule has 3 rings (SSSR count). The van der Waals surface area contributed by atoms with Gasteiger partial charge in [0.1, 0.15) is 18.1 Å².